The largest absolute Gasteiger partial charge is 0.492 e. The number of aliphatic hydroxyl groups excluding tert-OH is 1. The Morgan fingerprint density at radius 1 is 1.11 bits per heavy atom. The van der Waals surface area contributed by atoms with Gasteiger partial charge in [-0.3, -0.25) is 0 Å². The predicted molar refractivity (Wildman–Crippen MR) is 100 cm³/mol. The number of benzene rings is 2. The number of carbonyl (C=O) groups excluding carboxylic acids is 1. The standard InChI is InChI=1S/C20H24FNO6/c1-25-20(24)14-27-17-6-4-5-16(11-17)26-10-9-22-12-15(23)13-28-19-8-3-2-7-18(19)21/h2-8,11,15,22-23H,9-10,12-14H2,1H3. The summed E-state index contributed by atoms with van der Waals surface area (Å²) in [6, 6.07) is 12.9. The molecule has 1 unspecified atom stereocenters. The van der Waals surface area contributed by atoms with E-state index in [2.05, 4.69) is 10.1 Å². The summed E-state index contributed by atoms with van der Waals surface area (Å²) in [5.74, 6) is 0.269. The van der Waals surface area contributed by atoms with Crippen molar-refractivity contribution in [2.45, 2.75) is 6.10 Å². The lowest BCUT2D eigenvalue weighted by molar-refractivity contribution is -0.142. The van der Waals surface area contributed by atoms with Gasteiger partial charge in [-0.05, 0) is 24.3 Å². The molecule has 0 saturated carbocycles. The van der Waals surface area contributed by atoms with Crippen molar-refractivity contribution in [3.05, 3.63) is 54.3 Å². The minimum absolute atomic E-state index is 0.0195. The maximum absolute atomic E-state index is 13.4. The molecule has 2 aromatic rings. The summed E-state index contributed by atoms with van der Waals surface area (Å²) >= 11 is 0. The molecule has 2 rings (SSSR count). The van der Waals surface area contributed by atoms with E-state index in [-0.39, 0.29) is 25.5 Å². The van der Waals surface area contributed by atoms with E-state index >= 15 is 0 Å². The zero-order chi connectivity index (χ0) is 20.2. The molecule has 0 aliphatic rings. The Morgan fingerprint density at radius 3 is 2.61 bits per heavy atom. The highest BCUT2D eigenvalue weighted by molar-refractivity contribution is 5.70. The number of rotatable bonds is 12. The third-order valence-corrected chi connectivity index (χ3v) is 3.59. The molecule has 0 amide bonds. The lowest BCUT2D eigenvalue weighted by atomic mass is 10.3. The van der Waals surface area contributed by atoms with Crippen molar-refractivity contribution in [1.29, 1.82) is 0 Å². The highest BCUT2D eigenvalue weighted by atomic mass is 19.1. The smallest absolute Gasteiger partial charge is 0.343 e. The van der Waals surface area contributed by atoms with Crippen molar-refractivity contribution in [1.82, 2.24) is 5.32 Å². The van der Waals surface area contributed by atoms with Gasteiger partial charge >= 0.3 is 5.97 Å². The van der Waals surface area contributed by atoms with Crippen molar-refractivity contribution in [2.75, 3.05) is 40.0 Å². The van der Waals surface area contributed by atoms with Gasteiger partial charge in [-0.2, -0.15) is 0 Å². The van der Waals surface area contributed by atoms with E-state index in [1.165, 1.54) is 19.2 Å². The first kappa shape index (κ1) is 21.5. The van der Waals surface area contributed by atoms with Gasteiger partial charge < -0.3 is 29.4 Å². The molecule has 7 nitrogen and oxygen atoms in total. The number of hydrogen-bond acceptors (Lipinski definition) is 7. The van der Waals surface area contributed by atoms with Gasteiger partial charge in [-0.15, -0.1) is 0 Å². The summed E-state index contributed by atoms with van der Waals surface area (Å²) in [4.78, 5) is 11.1. The summed E-state index contributed by atoms with van der Waals surface area (Å²) in [6.07, 6.45) is -0.783. The van der Waals surface area contributed by atoms with E-state index in [0.29, 0.717) is 24.7 Å². The topological polar surface area (TPSA) is 86.3 Å². The number of esters is 1. The van der Waals surface area contributed by atoms with Gasteiger partial charge in [-0.1, -0.05) is 18.2 Å². The molecule has 0 heterocycles. The van der Waals surface area contributed by atoms with Crippen molar-refractivity contribution < 1.29 is 33.2 Å². The second-order valence-electron chi connectivity index (χ2n) is 5.79. The number of aliphatic hydroxyl groups is 1. The lowest BCUT2D eigenvalue weighted by Gasteiger charge is -2.14. The van der Waals surface area contributed by atoms with Crippen molar-refractivity contribution in [2.24, 2.45) is 0 Å². The van der Waals surface area contributed by atoms with E-state index in [4.69, 9.17) is 14.2 Å². The molecule has 0 spiro atoms. The Hall–Kier alpha value is -2.84. The van der Waals surface area contributed by atoms with Gasteiger partial charge in [0.25, 0.3) is 0 Å². The van der Waals surface area contributed by atoms with Crippen LogP contribution in [0.3, 0.4) is 0 Å². The third kappa shape index (κ3) is 7.81. The Bertz CT molecular complexity index is 742. The molecule has 0 fully saturated rings. The van der Waals surface area contributed by atoms with Gasteiger partial charge in [-0.25, -0.2) is 9.18 Å². The number of methoxy groups -OCH3 is 1. The second-order valence-corrected chi connectivity index (χ2v) is 5.79. The fourth-order valence-corrected chi connectivity index (χ4v) is 2.17. The predicted octanol–water partition coefficient (Wildman–Crippen LogP) is 1.79. The van der Waals surface area contributed by atoms with Crippen LogP contribution < -0.4 is 19.5 Å². The number of para-hydroxylation sites is 1. The monoisotopic (exact) mass is 393 g/mol. The maximum Gasteiger partial charge on any atom is 0.343 e. The molecule has 152 valence electrons. The van der Waals surface area contributed by atoms with Crippen molar-refractivity contribution in [3.8, 4) is 17.2 Å². The van der Waals surface area contributed by atoms with Gasteiger partial charge in [0.05, 0.1) is 7.11 Å². The first-order valence-electron chi connectivity index (χ1n) is 8.77. The van der Waals surface area contributed by atoms with E-state index in [1.807, 2.05) is 0 Å². The number of hydrogen-bond donors (Lipinski definition) is 2. The first-order chi connectivity index (χ1) is 13.6. The molecule has 0 saturated heterocycles. The maximum atomic E-state index is 13.4. The minimum atomic E-state index is -0.783. The Labute approximate surface area is 163 Å². The van der Waals surface area contributed by atoms with E-state index in [0.717, 1.165) is 0 Å². The van der Waals surface area contributed by atoms with E-state index in [9.17, 15) is 14.3 Å². The lowest BCUT2D eigenvalue weighted by Crippen LogP contribution is -2.33. The molecular weight excluding hydrogens is 369 g/mol. The molecule has 0 aromatic heterocycles. The number of carbonyl (C=O) groups is 1. The van der Waals surface area contributed by atoms with Gasteiger partial charge in [0, 0.05) is 19.2 Å². The normalized spacial score (nSPS) is 11.5. The van der Waals surface area contributed by atoms with Crippen LogP contribution in [0.1, 0.15) is 0 Å². The van der Waals surface area contributed by atoms with Crippen LogP contribution in [0.5, 0.6) is 17.2 Å². The van der Waals surface area contributed by atoms with Crippen molar-refractivity contribution in [3.63, 3.8) is 0 Å². The highest BCUT2D eigenvalue weighted by Crippen LogP contribution is 2.19. The second kappa shape index (κ2) is 11.8. The minimum Gasteiger partial charge on any atom is -0.492 e. The number of halogens is 1. The zero-order valence-electron chi connectivity index (χ0n) is 15.6. The van der Waals surface area contributed by atoms with E-state index in [1.54, 1.807) is 36.4 Å². The molecule has 2 aromatic carbocycles. The molecule has 0 aliphatic carbocycles. The van der Waals surface area contributed by atoms with Crippen LogP contribution in [-0.2, 0) is 9.53 Å². The quantitative estimate of drug-likeness (QED) is 0.420. The fraction of sp³-hybridized carbons (Fsp3) is 0.350. The summed E-state index contributed by atoms with van der Waals surface area (Å²) in [6.45, 7) is 0.939. The molecule has 28 heavy (non-hydrogen) atoms. The molecule has 0 radical (unpaired) electrons. The van der Waals surface area contributed by atoms with Crippen LogP contribution in [0.25, 0.3) is 0 Å². The van der Waals surface area contributed by atoms with Gasteiger partial charge in [0.15, 0.2) is 18.2 Å². The summed E-state index contributed by atoms with van der Waals surface area (Å²) < 4.78 is 34.0. The molecule has 0 bridgehead atoms. The first-order valence-corrected chi connectivity index (χ1v) is 8.77. The molecular formula is C20H24FNO6. The zero-order valence-corrected chi connectivity index (χ0v) is 15.6. The van der Waals surface area contributed by atoms with Crippen LogP contribution in [0.4, 0.5) is 4.39 Å². The number of nitrogens with one attached hydrogen (secondary N) is 1. The fourth-order valence-electron chi connectivity index (χ4n) is 2.17. The van der Waals surface area contributed by atoms with Crippen LogP contribution >= 0.6 is 0 Å². The van der Waals surface area contributed by atoms with Crippen LogP contribution in [-0.4, -0.2) is 57.2 Å². The van der Waals surface area contributed by atoms with Crippen molar-refractivity contribution >= 4 is 5.97 Å². The van der Waals surface area contributed by atoms with Crippen LogP contribution in [0.2, 0.25) is 0 Å². The Morgan fingerprint density at radius 2 is 1.86 bits per heavy atom. The average Bonchev–Trinajstić information content (AvgIpc) is 2.71. The third-order valence-electron chi connectivity index (χ3n) is 3.59. The Balaban J connectivity index is 1.61. The SMILES string of the molecule is COC(=O)COc1cccc(OCCNCC(O)COc2ccccc2F)c1. The molecule has 0 aliphatic heterocycles. The summed E-state index contributed by atoms with van der Waals surface area (Å²) in [7, 11) is 1.29. The van der Waals surface area contributed by atoms with Gasteiger partial charge in [0.2, 0.25) is 0 Å². The Kier molecular flexibility index (Phi) is 9.03. The summed E-state index contributed by atoms with van der Waals surface area (Å²) in [5.41, 5.74) is 0. The average molecular weight is 393 g/mol. The van der Waals surface area contributed by atoms with Gasteiger partial charge in [0.1, 0.15) is 30.8 Å². The van der Waals surface area contributed by atoms with Crippen LogP contribution in [0.15, 0.2) is 48.5 Å². The van der Waals surface area contributed by atoms with E-state index < -0.39 is 17.9 Å². The highest BCUT2D eigenvalue weighted by Gasteiger charge is 2.08. The molecule has 8 heteroatoms. The number of ether oxygens (including phenoxy) is 4. The summed E-state index contributed by atoms with van der Waals surface area (Å²) in [5, 5.41) is 12.9. The molecule has 2 N–H and O–H groups in total. The molecule has 1 atom stereocenters. The van der Waals surface area contributed by atoms with Crippen LogP contribution in [0, 0.1) is 5.82 Å².